The van der Waals surface area contributed by atoms with Crippen molar-refractivity contribution in [3.8, 4) is 0 Å². The molecule has 0 aromatic carbocycles. The van der Waals surface area contributed by atoms with Gasteiger partial charge in [0.15, 0.2) is 5.15 Å². The number of nitrogens with zero attached hydrogens (tertiary/aromatic N) is 2. The average Bonchev–Trinajstić information content (AvgIpc) is 2.64. The molecule has 1 saturated heterocycles. The molecule has 0 saturated carbocycles. The molecule has 0 radical (unpaired) electrons. The summed E-state index contributed by atoms with van der Waals surface area (Å²) in [7, 11) is 0. The quantitative estimate of drug-likeness (QED) is 0.812. The highest BCUT2D eigenvalue weighted by molar-refractivity contribution is 6.32. The molecule has 17 heavy (non-hydrogen) atoms. The smallest absolute Gasteiger partial charge is 0.308 e. The summed E-state index contributed by atoms with van der Waals surface area (Å²) in [5, 5.41) is 9.11. The Morgan fingerprint density at radius 1 is 1.65 bits per heavy atom. The summed E-state index contributed by atoms with van der Waals surface area (Å²) in [5.41, 5.74) is 1.36. The second-order valence-electron chi connectivity index (χ2n) is 4.07. The van der Waals surface area contributed by atoms with Crippen LogP contribution in [0.15, 0.2) is 12.3 Å². The van der Waals surface area contributed by atoms with E-state index in [0.717, 1.165) is 5.56 Å². The summed E-state index contributed by atoms with van der Waals surface area (Å²) in [6, 6.07) is 1.73. The van der Waals surface area contributed by atoms with Gasteiger partial charge in [-0.15, -0.1) is 0 Å². The number of hydrogen-bond acceptors (Lipinski definition) is 3. The third-order valence-electron chi connectivity index (χ3n) is 2.72. The van der Waals surface area contributed by atoms with Gasteiger partial charge in [-0.2, -0.15) is 0 Å². The van der Waals surface area contributed by atoms with Crippen LogP contribution in [-0.4, -0.2) is 28.5 Å². The van der Waals surface area contributed by atoms with Crippen LogP contribution in [0.3, 0.4) is 0 Å². The molecule has 5 nitrogen and oxygen atoms in total. The maximum absolute atomic E-state index is 11.7. The van der Waals surface area contributed by atoms with E-state index in [0.29, 0.717) is 5.69 Å². The minimum Gasteiger partial charge on any atom is -0.481 e. The molecule has 0 bridgehead atoms. The highest BCUT2D eigenvalue weighted by atomic mass is 35.5. The molecular formula is C11H11ClN2O3. The van der Waals surface area contributed by atoms with E-state index in [1.807, 2.05) is 6.92 Å². The number of aryl methyl sites for hydroxylation is 1. The standard InChI is InChI=1S/C11H11ClN2O3/c1-6-2-8(10(12)13-4-6)14-5-7(11(16)17)3-9(14)15/h2,4,7H,3,5H2,1H3,(H,16,17). The van der Waals surface area contributed by atoms with E-state index < -0.39 is 11.9 Å². The van der Waals surface area contributed by atoms with Crippen LogP contribution in [0.5, 0.6) is 0 Å². The molecule has 90 valence electrons. The maximum atomic E-state index is 11.7. The fourth-order valence-corrected chi connectivity index (χ4v) is 2.04. The number of hydrogen-bond donors (Lipinski definition) is 1. The third kappa shape index (κ3) is 2.24. The van der Waals surface area contributed by atoms with Crippen molar-refractivity contribution in [2.24, 2.45) is 5.92 Å². The normalized spacial score (nSPS) is 19.8. The van der Waals surface area contributed by atoms with Crippen molar-refractivity contribution in [2.75, 3.05) is 11.4 Å². The Morgan fingerprint density at radius 3 is 2.94 bits per heavy atom. The lowest BCUT2D eigenvalue weighted by atomic mass is 10.1. The molecule has 1 atom stereocenters. The second kappa shape index (κ2) is 4.33. The van der Waals surface area contributed by atoms with Gasteiger partial charge >= 0.3 is 5.97 Å². The number of aliphatic carboxylic acids is 1. The SMILES string of the molecule is Cc1cnc(Cl)c(N2CC(C(=O)O)CC2=O)c1. The molecule has 2 rings (SSSR count). The Kier molecular flexibility index (Phi) is 3.02. The predicted octanol–water partition coefficient (Wildman–Crippen LogP) is 1.48. The lowest BCUT2D eigenvalue weighted by Crippen LogP contribution is -2.26. The summed E-state index contributed by atoms with van der Waals surface area (Å²) < 4.78 is 0. The molecule has 1 aromatic rings. The number of halogens is 1. The molecule has 1 unspecified atom stereocenters. The van der Waals surface area contributed by atoms with Crippen molar-refractivity contribution in [3.05, 3.63) is 23.0 Å². The van der Waals surface area contributed by atoms with Gasteiger partial charge in [-0.25, -0.2) is 4.98 Å². The lowest BCUT2D eigenvalue weighted by molar-refractivity contribution is -0.141. The molecule has 0 spiro atoms. The molecule has 6 heteroatoms. The summed E-state index contributed by atoms with van der Waals surface area (Å²) >= 11 is 5.92. The zero-order valence-corrected chi connectivity index (χ0v) is 9.94. The number of carboxylic acid groups (broad SMARTS) is 1. The Bertz CT molecular complexity index is 490. The predicted molar refractivity (Wildman–Crippen MR) is 62.1 cm³/mol. The van der Waals surface area contributed by atoms with Crippen LogP contribution in [0.4, 0.5) is 5.69 Å². The fourth-order valence-electron chi connectivity index (χ4n) is 1.83. The highest BCUT2D eigenvalue weighted by Crippen LogP contribution is 2.30. The zero-order chi connectivity index (χ0) is 12.6. The first-order valence-corrected chi connectivity index (χ1v) is 5.52. The van der Waals surface area contributed by atoms with Crippen LogP contribution in [0.25, 0.3) is 0 Å². The Labute approximate surface area is 103 Å². The Balaban J connectivity index is 2.32. The molecule has 1 amide bonds. The summed E-state index contributed by atoms with van der Waals surface area (Å²) in [5.74, 6) is -1.86. The number of carbonyl (C=O) groups excluding carboxylic acids is 1. The lowest BCUT2D eigenvalue weighted by Gasteiger charge is -2.17. The van der Waals surface area contributed by atoms with E-state index in [2.05, 4.69) is 4.98 Å². The number of carboxylic acids is 1. The first kappa shape index (κ1) is 11.9. The van der Waals surface area contributed by atoms with Crippen molar-refractivity contribution >= 4 is 29.2 Å². The largest absolute Gasteiger partial charge is 0.481 e. The zero-order valence-electron chi connectivity index (χ0n) is 9.18. The molecule has 0 aliphatic carbocycles. The van der Waals surface area contributed by atoms with Crippen molar-refractivity contribution in [3.63, 3.8) is 0 Å². The summed E-state index contributed by atoms with van der Waals surface area (Å²) in [6.07, 6.45) is 1.61. The molecule has 1 fully saturated rings. The van der Waals surface area contributed by atoms with Crippen LogP contribution in [-0.2, 0) is 9.59 Å². The van der Waals surface area contributed by atoms with Gasteiger partial charge in [0.2, 0.25) is 5.91 Å². The van der Waals surface area contributed by atoms with Gasteiger partial charge < -0.3 is 10.0 Å². The number of anilines is 1. The van der Waals surface area contributed by atoms with E-state index >= 15 is 0 Å². The van der Waals surface area contributed by atoms with Gasteiger partial charge in [0, 0.05) is 19.2 Å². The number of carbonyl (C=O) groups is 2. The van der Waals surface area contributed by atoms with Crippen molar-refractivity contribution in [1.29, 1.82) is 0 Å². The number of pyridine rings is 1. The van der Waals surface area contributed by atoms with E-state index in [-0.39, 0.29) is 24.0 Å². The first-order chi connectivity index (χ1) is 7.99. The highest BCUT2D eigenvalue weighted by Gasteiger charge is 2.36. The van der Waals surface area contributed by atoms with Gasteiger partial charge in [0.05, 0.1) is 11.6 Å². The number of aromatic nitrogens is 1. The van der Waals surface area contributed by atoms with Crippen molar-refractivity contribution in [1.82, 2.24) is 4.98 Å². The van der Waals surface area contributed by atoms with Gasteiger partial charge in [-0.05, 0) is 18.6 Å². The minimum atomic E-state index is -0.961. The van der Waals surface area contributed by atoms with Gasteiger partial charge in [0.1, 0.15) is 0 Å². The molecule has 1 N–H and O–H groups in total. The van der Waals surface area contributed by atoms with E-state index in [4.69, 9.17) is 16.7 Å². The van der Waals surface area contributed by atoms with Crippen LogP contribution in [0.1, 0.15) is 12.0 Å². The molecular weight excluding hydrogens is 244 g/mol. The van der Waals surface area contributed by atoms with Gasteiger partial charge in [-0.1, -0.05) is 11.6 Å². The Hall–Kier alpha value is -1.62. The van der Waals surface area contributed by atoms with Crippen LogP contribution in [0, 0.1) is 12.8 Å². The summed E-state index contributed by atoms with van der Waals surface area (Å²) in [4.78, 5) is 27.9. The topological polar surface area (TPSA) is 70.5 Å². The monoisotopic (exact) mass is 254 g/mol. The van der Waals surface area contributed by atoms with Gasteiger partial charge in [0.25, 0.3) is 0 Å². The molecule has 1 aliphatic rings. The van der Waals surface area contributed by atoms with Crippen LogP contribution >= 0.6 is 11.6 Å². The third-order valence-corrected chi connectivity index (χ3v) is 3.01. The molecule has 1 aliphatic heterocycles. The van der Waals surface area contributed by atoms with Crippen LogP contribution in [0.2, 0.25) is 5.15 Å². The number of rotatable bonds is 2. The average molecular weight is 255 g/mol. The van der Waals surface area contributed by atoms with Crippen molar-refractivity contribution in [2.45, 2.75) is 13.3 Å². The van der Waals surface area contributed by atoms with E-state index in [1.165, 1.54) is 4.90 Å². The van der Waals surface area contributed by atoms with E-state index in [9.17, 15) is 9.59 Å². The maximum Gasteiger partial charge on any atom is 0.308 e. The second-order valence-corrected chi connectivity index (χ2v) is 4.42. The van der Waals surface area contributed by atoms with E-state index in [1.54, 1.807) is 12.3 Å². The molecule has 2 heterocycles. The number of amides is 1. The van der Waals surface area contributed by atoms with Gasteiger partial charge in [-0.3, -0.25) is 9.59 Å². The van der Waals surface area contributed by atoms with Crippen molar-refractivity contribution < 1.29 is 14.7 Å². The first-order valence-electron chi connectivity index (χ1n) is 5.14. The fraction of sp³-hybridized carbons (Fsp3) is 0.364. The van der Waals surface area contributed by atoms with Crippen LogP contribution < -0.4 is 4.90 Å². The minimum absolute atomic E-state index is 0.0135. The summed E-state index contributed by atoms with van der Waals surface area (Å²) in [6.45, 7) is 1.99. The molecule has 1 aromatic heterocycles. The Morgan fingerprint density at radius 2 is 2.35 bits per heavy atom.